The Morgan fingerprint density at radius 1 is 1.24 bits per heavy atom. The van der Waals surface area contributed by atoms with E-state index in [4.69, 9.17) is 16.3 Å². The maximum Gasteiger partial charge on any atom is 0.258 e. The van der Waals surface area contributed by atoms with Gasteiger partial charge in [0.05, 0.1) is 6.04 Å². The fourth-order valence-electron chi connectivity index (χ4n) is 2.31. The number of nitrogens with zero attached hydrogens (tertiary/aromatic N) is 1. The average Bonchev–Trinajstić information content (AvgIpc) is 2.55. The lowest BCUT2D eigenvalue weighted by Gasteiger charge is -2.26. The van der Waals surface area contributed by atoms with Gasteiger partial charge in [0.2, 0.25) is 0 Å². The molecule has 2 rings (SSSR count). The summed E-state index contributed by atoms with van der Waals surface area (Å²) >= 11 is 6.21. The highest BCUT2D eigenvalue weighted by molar-refractivity contribution is 6.31. The maximum atomic E-state index is 13.5. The molecule has 0 heterocycles. The quantitative estimate of drug-likeness (QED) is 0.814. The fourth-order valence-corrected chi connectivity index (χ4v) is 2.57. The van der Waals surface area contributed by atoms with Gasteiger partial charge in [0, 0.05) is 17.6 Å². The van der Waals surface area contributed by atoms with Crippen LogP contribution in [0.15, 0.2) is 42.5 Å². The lowest BCUT2D eigenvalue weighted by molar-refractivity contribution is -0.123. The third kappa shape index (κ3) is 5.41. The largest absolute Gasteiger partial charge is 0.481 e. The second-order valence-corrected chi connectivity index (χ2v) is 6.08. The Kier molecular flexibility index (Phi) is 6.73. The highest BCUT2D eigenvalue weighted by Gasteiger charge is 2.18. The zero-order chi connectivity index (χ0) is 18.4. The predicted molar refractivity (Wildman–Crippen MR) is 92.7 cm³/mol. The number of amides is 1. The lowest BCUT2D eigenvalue weighted by atomic mass is 10.1. The Balaban J connectivity index is 1.92. The van der Waals surface area contributed by atoms with Crippen molar-refractivity contribution in [3.05, 3.63) is 64.7 Å². The van der Waals surface area contributed by atoms with E-state index in [1.54, 1.807) is 6.07 Å². The Labute approximate surface area is 150 Å². The number of carbonyl (C=O) groups is 1. The van der Waals surface area contributed by atoms with Gasteiger partial charge in [-0.05, 0) is 37.9 Å². The van der Waals surface area contributed by atoms with Crippen molar-refractivity contribution >= 4 is 17.5 Å². The number of ether oxygens (including phenoxy) is 1. The number of carbonyl (C=O) groups excluding carboxylic acids is 1. The maximum absolute atomic E-state index is 13.5. The summed E-state index contributed by atoms with van der Waals surface area (Å²) in [6.45, 7) is -0.0595. The van der Waals surface area contributed by atoms with E-state index in [1.807, 2.05) is 37.2 Å². The summed E-state index contributed by atoms with van der Waals surface area (Å²) in [6.07, 6.45) is 0. The summed E-state index contributed by atoms with van der Waals surface area (Å²) in [5, 5.41) is 3.34. The molecule has 1 N–H and O–H groups in total. The van der Waals surface area contributed by atoms with Crippen molar-refractivity contribution in [3.63, 3.8) is 0 Å². The van der Waals surface area contributed by atoms with Crippen molar-refractivity contribution in [2.24, 2.45) is 0 Å². The van der Waals surface area contributed by atoms with E-state index < -0.39 is 17.5 Å². The van der Waals surface area contributed by atoms with E-state index in [2.05, 4.69) is 5.32 Å². The summed E-state index contributed by atoms with van der Waals surface area (Å²) in [6, 6.07) is 10.2. The number of likely N-dealkylation sites (N-methyl/N-ethyl adjacent to an activating group) is 1. The lowest BCUT2D eigenvalue weighted by Crippen LogP contribution is -2.37. The first-order valence-electron chi connectivity index (χ1n) is 7.64. The van der Waals surface area contributed by atoms with Gasteiger partial charge >= 0.3 is 0 Å². The van der Waals surface area contributed by atoms with E-state index in [-0.39, 0.29) is 18.4 Å². The average molecular weight is 369 g/mol. The van der Waals surface area contributed by atoms with Crippen LogP contribution in [0.5, 0.6) is 5.75 Å². The van der Waals surface area contributed by atoms with Crippen LogP contribution in [0.3, 0.4) is 0 Å². The van der Waals surface area contributed by atoms with E-state index in [9.17, 15) is 13.6 Å². The molecular formula is C18H19ClF2N2O2. The van der Waals surface area contributed by atoms with Gasteiger partial charge < -0.3 is 15.0 Å². The van der Waals surface area contributed by atoms with E-state index in [0.717, 1.165) is 17.7 Å². The summed E-state index contributed by atoms with van der Waals surface area (Å²) < 4.78 is 31.4. The second-order valence-electron chi connectivity index (χ2n) is 5.67. The minimum Gasteiger partial charge on any atom is -0.481 e. The molecule has 2 aromatic carbocycles. The summed E-state index contributed by atoms with van der Waals surface area (Å²) in [7, 11) is 3.76. The number of nitrogens with one attached hydrogen (secondary N) is 1. The van der Waals surface area contributed by atoms with Gasteiger partial charge in [0.15, 0.2) is 18.2 Å². The Morgan fingerprint density at radius 3 is 2.60 bits per heavy atom. The molecule has 0 saturated heterocycles. The molecule has 1 unspecified atom stereocenters. The first kappa shape index (κ1) is 19.1. The van der Waals surface area contributed by atoms with Gasteiger partial charge in [0.25, 0.3) is 5.91 Å². The molecule has 0 spiro atoms. The van der Waals surface area contributed by atoms with Crippen LogP contribution in [0.4, 0.5) is 8.78 Å². The molecule has 1 amide bonds. The van der Waals surface area contributed by atoms with Crippen molar-refractivity contribution in [3.8, 4) is 5.75 Å². The SMILES string of the molecule is CN(C)C(CNC(=O)COc1ccc(F)cc1F)c1ccccc1Cl. The van der Waals surface area contributed by atoms with E-state index >= 15 is 0 Å². The van der Waals surface area contributed by atoms with Gasteiger partial charge in [0.1, 0.15) is 5.82 Å². The third-order valence-electron chi connectivity index (χ3n) is 3.63. The zero-order valence-electron chi connectivity index (χ0n) is 13.9. The topological polar surface area (TPSA) is 41.6 Å². The molecule has 7 heteroatoms. The van der Waals surface area contributed by atoms with Gasteiger partial charge in [-0.15, -0.1) is 0 Å². The Hall–Kier alpha value is -2.18. The molecule has 0 saturated carbocycles. The first-order chi connectivity index (χ1) is 11.9. The molecule has 25 heavy (non-hydrogen) atoms. The van der Waals surface area contributed by atoms with Crippen molar-refractivity contribution in [1.82, 2.24) is 10.2 Å². The van der Waals surface area contributed by atoms with Crippen LogP contribution in [0.25, 0.3) is 0 Å². The van der Waals surface area contributed by atoms with Crippen LogP contribution in [0.1, 0.15) is 11.6 Å². The number of benzene rings is 2. The number of hydrogen-bond acceptors (Lipinski definition) is 3. The van der Waals surface area contributed by atoms with Crippen LogP contribution in [-0.4, -0.2) is 38.1 Å². The van der Waals surface area contributed by atoms with Crippen LogP contribution < -0.4 is 10.1 Å². The van der Waals surface area contributed by atoms with Crippen molar-refractivity contribution in [2.45, 2.75) is 6.04 Å². The van der Waals surface area contributed by atoms with Crippen LogP contribution in [0, 0.1) is 11.6 Å². The van der Waals surface area contributed by atoms with Gasteiger partial charge in [-0.3, -0.25) is 4.79 Å². The normalized spacial score (nSPS) is 12.1. The summed E-state index contributed by atoms with van der Waals surface area (Å²) in [5.41, 5.74) is 0.889. The van der Waals surface area contributed by atoms with E-state index in [1.165, 1.54) is 0 Å². The first-order valence-corrected chi connectivity index (χ1v) is 8.01. The number of halogens is 3. The predicted octanol–water partition coefficient (Wildman–Crippen LogP) is 3.42. The molecule has 0 aliphatic carbocycles. The fraction of sp³-hybridized carbons (Fsp3) is 0.278. The monoisotopic (exact) mass is 368 g/mol. The van der Waals surface area contributed by atoms with Gasteiger partial charge in [-0.25, -0.2) is 8.78 Å². The van der Waals surface area contributed by atoms with Crippen molar-refractivity contribution < 1.29 is 18.3 Å². The minimum absolute atomic E-state index is 0.125. The molecule has 0 bridgehead atoms. The number of hydrogen-bond donors (Lipinski definition) is 1. The zero-order valence-corrected chi connectivity index (χ0v) is 14.7. The molecule has 0 radical (unpaired) electrons. The molecule has 0 aromatic heterocycles. The van der Waals surface area contributed by atoms with Crippen molar-refractivity contribution in [2.75, 3.05) is 27.2 Å². The Bertz CT molecular complexity index is 741. The molecule has 0 aliphatic heterocycles. The summed E-state index contributed by atoms with van der Waals surface area (Å²) in [4.78, 5) is 13.9. The Morgan fingerprint density at radius 2 is 1.96 bits per heavy atom. The van der Waals surface area contributed by atoms with E-state index in [0.29, 0.717) is 17.6 Å². The van der Waals surface area contributed by atoms with Gasteiger partial charge in [-0.1, -0.05) is 29.8 Å². The van der Waals surface area contributed by atoms with Crippen LogP contribution in [0.2, 0.25) is 5.02 Å². The molecule has 2 aromatic rings. The van der Waals surface area contributed by atoms with Gasteiger partial charge in [-0.2, -0.15) is 0 Å². The molecule has 134 valence electrons. The smallest absolute Gasteiger partial charge is 0.258 e. The molecule has 0 aliphatic rings. The minimum atomic E-state index is -0.852. The third-order valence-corrected chi connectivity index (χ3v) is 3.98. The number of rotatable bonds is 7. The molecular weight excluding hydrogens is 350 g/mol. The molecule has 1 atom stereocenters. The summed E-state index contributed by atoms with van der Waals surface area (Å²) in [5.74, 6) is -2.15. The highest BCUT2D eigenvalue weighted by Crippen LogP contribution is 2.25. The highest BCUT2D eigenvalue weighted by atomic mass is 35.5. The van der Waals surface area contributed by atoms with Crippen LogP contribution in [-0.2, 0) is 4.79 Å². The van der Waals surface area contributed by atoms with Crippen LogP contribution >= 0.6 is 11.6 Å². The molecule has 0 fully saturated rings. The standard InChI is InChI=1S/C18H19ClF2N2O2/c1-23(2)16(13-5-3-4-6-14(13)19)10-22-18(24)11-25-17-8-7-12(20)9-15(17)21/h3-9,16H,10-11H2,1-2H3,(H,22,24). The molecule has 4 nitrogen and oxygen atoms in total. The van der Waals surface area contributed by atoms with Crippen molar-refractivity contribution in [1.29, 1.82) is 0 Å². The second kappa shape index (κ2) is 8.78.